The number of para-hydroxylation sites is 1. The lowest BCUT2D eigenvalue weighted by atomic mass is 10.1. The highest BCUT2D eigenvalue weighted by Crippen LogP contribution is 2.33. The standard InChI is InChI=1S/C26H17N7O4S/c1-37-21-8-7-17(13-20(21)33(35)36)23-18(15-31(29-23)19-5-3-2-4-6-19)14-22-25(34)32-26(38-22)28-24(30-32)16-9-11-27-12-10-16/h2-15H,1H3. The Balaban J connectivity index is 1.51. The second kappa shape index (κ2) is 9.33. The summed E-state index contributed by atoms with van der Waals surface area (Å²) in [5.41, 5.74) is 2.62. The largest absolute Gasteiger partial charge is 0.490 e. The number of hydrogen-bond donors (Lipinski definition) is 0. The van der Waals surface area contributed by atoms with Gasteiger partial charge in [0.05, 0.1) is 22.3 Å². The van der Waals surface area contributed by atoms with Crippen LogP contribution in [0, 0.1) is 10.1 Å². The summed E-state index contributed by atoms with van der Waals surface area (Å²) < 4.78 is 8.48. The molecule has 0 unspecified atom stereocenters. The molecule has 4 aromatic heterocycles. The molecule has 38 heavy (non-hydrogen) atoms. The van der Waals surface area contributed by atoms with Gasteiger partial charge in [-0.2, -0.15) is 14.6 Å². The van der Waals surface area contributed by atoms with Crippen LogP contribution >= 0.6 is 11.3 Å². The third-order valence-electron chi connectivity index (χ3n) is 5.82. The highest BCUT2D eigenvalue weighted by Gasteiger charge is 2.20. The lowest BCUT2D eigenvalue weighted by Crippen LogP contribution is -2.23. The minimum atomic E-state index is -0.504. The molecule has 0 saturated carbocycles. The maximum Gasteiger partial charge on any atom is 0.311 e. The van der Waals surface area contributed by atoms with E-state index in [2.05, 4.69) is 15.1 Å². The van der Waals surface area contributed by atoms with Gasteiger partial charge in [0.25, 0.3) is 5.56 Å². The van der Waals surface area contributed by atoms with Crippen LogP contribution in [-0.2, 0) is 0 Å². The molecule has 2 aromatic carbocycles. The molecule has 0 bridgehead atoms. The van der Waals surface area contributed by atoms with Crippen molar-refractivity contribution in [1.82, 2.24) is 29.4 Å². The van der Waals surface area contributed by atoms with Gasteiger partial charge in [-0.15, -0.1) is 5.10 Å². The van der Waals surface area contributed by atoms with Crippen LogP contribution in [-0.4, -0.2) is 41.4 Å². The van der Waals surface area contributed by atoms with Crippen LogP contribution in [0.2, 0.25) is 0 Å². The van der Waals surface area contributed by atoms with E-state index in [1.807, 2.05) is 30.3 Å². The zero-order valence-electron chi connectivity index (χ0n) is 19.8. The number of benzene rings is 2. The van der Waals surface area contributed by atoms with Crippen LogP contribution in [0.15, 0.2) is 84.0 Å². The Morgan fingerprint density at radius 2 is 1.82 bits per heavy atom. The van der Waals surface area contributed by atoms with Crippen molar-refractivity contribution in [3.8, 4) is 34.1 Å². The summed E-state index contributed by atoms with van der Waals surface area (Å²) in [6.07, 6.45) is 6.75. The van der Waals surface area contributed by atoms with E-state index in [0.717, 1.165) is 11.3 Å². The Hall–Kier alpha value is -5.23. The maximum absolute atomic E-state index is 13.2. The number of aromatic nitrogens is 6. The number of nitro groups is 1. The van der Waals surface area contributed by atoms with E-state index in [0.29, 0.717) is 32.1 Å². The fourth-order valence-electron chi connectivity index (χ4n) is 4.01. The number of rotatable bonds is 6. The zero-order valence-corrected chi connectivity index (χ0v) is 20.6. The predicted octanol–water partition coefficient (Wildman–Crippen LogP) is 3.53. The lowest BCUT2D eigenvalue weighted by molar-refractivity contribution is -0.385. The molecule has 186 valence electrons. The number of hydrogen-bond acceptors (Lipinski definition) is 9. The van der Waals surface area contributed by atoms with Gasteiger partial charge in [0.2, 0.25) is 4.96 Å². The van der Waals surface area contributed by atoms with Gasteiger partial charge in [-0.25, -0.2) is 4.68 Å². The monoisotopic (exact) mass is 523 g/mol. The minimum Gasteiger partial charge on any atom is -0.490 e. The summed E-state index contributed by atoms with van der Waals surface area (Å²) in [6, 6.07) is 17.6. The number of methoxy groups -OCH3 is 1. The third kappa shape index (κ3) is 4.08. The topological polar surface area (TPSA) is 130 Å². The summed E-state index contributed by atoms with van der Waals surface area (Å²) in [7, 11) is 1.38. The number of nitrogens with zero attached hydrogens (tertiary/aromatic N) is 7. The predicted molar refractivity (Wildman–Crippen MR) is 141 cm³/mol. The molecule has 0 aliphatic carbocycles. The van der Waals surface area contributed by atoms with Gasteiger partial charge in [0.1, 0.15) is 5.69 Å². The third-order valence-corrected chi connectivity index (χ3v) is 6.78. The normalized spacial score (nSPS) is 11.8. The molecule has 0 radical (unpaired) electrons. The molecular formula is C26H17N7O4S. The van der Waals surface area contributed by atoms with Gasteiger partial charge in [-0.1, -0.05) is 29.5 Å². The van der Waals surface area contributed by atoms with Gasteiger partial charge in [-0.3, -0.25) is 19.9 Å². The molecule has 4 heterocycles. The second-order valence-corrected chi connectivity index (χ2v) is 9.15. The maximum atomic E-state index is 13.2. The van der Waals surface area contributed by atoms with Gasteiger partial charge in [0, 0.05) is 41.3 Å². The van der Waals surface area contributed by atoms with Crippen molar-refractivity contribution < 1.29 is 9.66 Å². The van der Waals surface area contributed by atoms with Crippen molar-refractivity contribution in [2.24, 2.45) is 0 Å². The smallest absolute Gasteiger partial charge is 0.311 e. The van der Waals surface area contributed by atoms with E-state index in [4.69, 9.17) is 9.84 Å². The van der Waals surface area contributed by atoms with E-state index in [1.54, 1.807) is 47.5 Å². The number of nitro benzene ring substituents is 1. The molecule has 0 saturated heterocycles. The Kier molecular flexibility index (Phi) is 5.69. The molecule has 12 heteroatoms. The minimum absolute atomic E-state index is 0.143. The van der Waals surface area contributed by atoms with Crippen LogP contribution in [0.5, 0.6) is 5.75 Å². The van der Waals surface area contributed by atoms with Crippen LogP contribution in [0.3, 0.4) is 0 Å². The fraction of sp³-hybridized carbons (Fsp3) is 0.0385. The second-order valence-electron chi connectivity index (χ2n) is 8.14. The first kappa shape index (κ1) is 23.2. The molecule has 6 rings (SSSR count). The summed E-state index contributed by atoms with van der Waals surface area (Å²) >= 11 is 1.20. The first-order chi connectivity index (χ1) is 18.5. The summed E-state index contributed by atoms with van der Waals surface area (Å²) in [4.78, 5) is 33.3. The first-order valence-electron chi connectivity index (χ1n) is 11.3. The molecular weight excluding hydrogens is 506 g/mol. The van der Waals surface area contributed by atoms with Crippen molar-refractivity contribution in [1.29, 1.82) is 0 Å². The van der Waals surface area contributed by atoms with Crippen molar-refractivity contribution in [3.05, 3.63) is 110 Å². The SMILES string of the molecule is COc1ccc(-c2nn(-c3ccccc3)cc2C=c2sc3nc(-c4ccncc4)nn3c2=O)cc1[N+](=O)[O-]. The van der Waals surface area contributed by atoms with Gasteiger partial charge in [-0.05, 0) is 42.5 Å². The van der Waals surface area contributed by atoms with E-state index in [-0.39, 0.29) is 17.0 Å². The molecule has 0 spiro atoms. The van der Waals surface area contributed by atoms with Crippen molar-refractivity contribution in [2.75, 3.05) is 7.11 Å². The molecule has 0 aliphatic rings. The lowest BCUT2D eigenvalue weighted by Gasteiger charge is -2.04. The van der Waals surface area contributed by atoms with E-state index < -0.39 is 4.92 Å². The van der Waals surface area contributed by atoms with Crippen LogP contribution in [0.25, 0.3) is 39.4 Å². The number of thiazole rings is 1. The summed E-state index contributed by atoms with van der Waals surface area (Å²) in [5.74, 6) is 0.578. The first-order valence-corrected chi connectivity index (χ1v) is 12.1. The van der Waals surface area contributed by atoms with Gasteiger partial charge >= 0.3 is 5.69 Å². The molecule has 11 nitrogen and oxygen atoms in total. The van der Waals surface area contributed by atoms with Gasteiger partial charge in [0.15, 0.2) is 11.6 Å². The van der Waals surface area contributed by atoms with Crippen molar-refractivity contribution in [3.63, 3.8) is 0 Å². The molecule has 0 atom stereocenters. The average Bonchev–Trinajstić information content (AvgIpc) is 3.64. The van der Waals surface area contributed by atoms with Crippen molar-refractivity contribution in [2.45, 2.75) is 0 Å². The summed E-state index contributed by atoms with van der Waals surface area (Å²) in [5, 5.41) is 20.7. The number of ether oxygens (including phenoxy) is 1. The average molecular weight is 524 g/mol. The van der Waals surface area contributed by atoms with Gasteiger partial charge < -0.3 is 4.74 Å². The van der Waals surface area contributed by atoms with Crippen LogP contribution in [0.4, 0.5) is 5.69 Å². The fourth-order valence-corrected chi connectivity index (χ4v) is 4.91. The van der Waals surface area contributed by atoms with E-state index in [9.17, 15) is 14.9 Å². The van der Waals surface area contributed by atoms with Crippen molar-refractivity contribution >= 4 is 28.1 Å². The Bertz CT molecular complexity index is 1910. The van der Waals surface area contributed by atoms with Crippen LogP contribution in [0.1, 0.15) is 5.56 Å². The summed E-state index contributed by atoms with van der Waals surface area (Å²) in [6.45, 7) is 0. The number of pyridine rings is 1. The highest BCUT2D eigenvalue weighted by atomic mass is 32.1. The highest BCUT2D eigenvalue weighted by molar-refractivity contribution is 7.15. The Labute approximate surface area is 218 Å². The molecule has 0 fully saturated rings. The Morgan fingerprint density at radius 3 is 2.53 bits per heavy atom. The van der Waals surface area contributed by atoms with E-state index >= 15 is 0 Å². The van der Waals surface area contributed by atoms with E-state index in [1.165, 1.54) is 35.1 Å². The molecule has 0 aliphatic heterocycles. The number of fused-ring (bicyclic) bond motifs is 1. The molecule has 0 amide bonds. The zero-order chi connectivity index (χ0) is 26.2. The molecule has 6 aromatic rings. The molecule has 0 N–H and O–H groups in total. The van der Waals surface area contributed by atoms with Crippen LogP contribution < -0.4 is 14.8 Å². The Morgan fingerprint density at radius 1 is 1.03 bits per heavy atom. The quantitative estimate of drug-likeness (QED) is 0.239.